The number of hydrogen-bond acceptors (Lipinski definition) is 5. The summed E-state index contributed by atoms with van der Waals surface area (Å²) >= 11 is 1.17. The normalized spacial score (nSPS) is 15.5. The van der Waals surface area contributed by atoms with Crippen molar-refractivity contribution in [2.24, 2.45) is 0 Å². The van der Waals surface area contributed by atoms with Gasteiger partial charge < -0.3 is 20.3 Å². The lowest BCUT2D eigenvalue weighted by Crippen LogP contribution is -2.22. The van der Waals surface area contributed by atoms with Gasteiger partial charge in [0, 0.05) is 22.8 Å². The number of carboxylic acid groups (broad SMARTS) is 1. The van der Waals surface area contributed by atoms with Gasteiger partial charge in [-0.2, -0.15) is 0 Å². The highest BCUT2D eigenvalue weighted by Crippen LogP contribution is 2.50. The Kier molecular flexibility index (Phi) is 4.76. The standard InChI is InChI=1S/C22H19NO5S/c1-11-3-5-12(6-4-11)18-19-20(29-21(18)22(26)27)14(10-17(25)23-19)13-7-8-15(24)16(9-13)28-2/h3-9,14,24H,10H2,1-2H3,(H,23,25)(H,26,27). The molecule has 1 amide bonds. The first kappa shape index (κ1) is 19.0. The summed E-state index contributed by atoms with van der Waals surface area (Å²) in [5.74, 6) is -1.22. The highest BCUT2D eigenvalue weighted by Gasteiger charge is 2.34. The van der Waals surface area contributed by atoms with E-state index in [1.54, 1.807) is 12.1 Å². The summed E-state index contributed by atoms with van der Waals surface area (Å²) in [5.41, 5.74) is 3.66. The molecule has 0 saturated heterocycles. The monoisotopic (exact) mass is 409 g/mol. The number of aromatic hydroxyl groups is 1. The highest BCUT2D eigenvalue weighted by molar-refractivity contribution is 7.15. The number of carbonyl (C=O) groups is 2. The number of phenolic OH excluding ortho intramolecular Hbond substituents is 1. The fourth-order valence-electron chi connectivity index (χ4n) is 3.61. The number of hydrogen-bond donors (Lipinski definition) is 3. The number of anilines is 1. The van der Waals surface area contributed by atoms with E-state index in [1.807, 2.05) is 31.2 Å². The molecule has 7 heteroatoms. The lowest BCUT2D eigenvalue weighted by atomic mass is 9.88. The molecule has 0 bridgehead atoms. The maximum absolute atomic E-state index is 12.5. The van der Waals surface area contributed by atoms with Crippen LogP contribution in [-0.2, 0) is 4.79 Å². The van der Waals surface area contributed by atoms with Crippen LogP contribution in [0.3, 0.4) is 0 Å². The van der Waals surface area contributed by atoms with Gasteiger partial charge in [0.15, 0.2) is 11.5 Å². The van der Waals surface area contributed by atoms with Gasteiger partial charge in [0.2, 0.25) is 5.91 Å². The Hall–Kier alpha value is -3.32. The number of nitrogens with one attached hydrogen (secondary N) is 1. The molecule has 2 heterocycles. The van der Waals surface area contributed by atoms with Crippen molar-refractivity contribution in [3.8, 4) is 22.6 Å². The van der Waals surface area contributed by atoms with Crippen molar-refractivity contribution >= 4 is 28.9 Å². The number of rotatable bonds is 4. The van der Waals surface area contributed by atoms with E-state index in [4.69, 9.17) is 4.74 Å². The van der Waals surface area contributed by atoms with Crippen LogP contribution in [0.15, 0.2) is 42.5 Å². The SMILES string of the molecule is COc1cc(C2CC(=O)Nc3c2sc(C(=O)O)c3-c2ccc(C)cc2)ccc1O. The Morgan fingerprint density at radius 1 is 1.21 bits per heavy atom. The summed E-state index contributed by atoms with van der Waals surface area (Å²) in [4.78, 5) is 25.5. The fourth-order valence-corrected chi connectivity index (χ4v) is 4.86. The average Bonchev–Trinajstić information content (AvgIpc) is 3.08. The van der Waals surface area contributed by atoms with Gasteiger partial charge >= 0.3 is 5.97 Å². The number of aryl methyl sites for hydroxylation is 1. The minimum atomic E-state index is -1.03. The number of fused-ring (bicyclic) bond motifs is 1. The summed E-state index contributed by atoms with van der Waals surface area (Å²) in [7, 11) is 1.46. The van der Waals surface area contributed by atoms with Gasteiger partial charge in [0.1, 0.15) is 4.88 Å². The van der Waals surface area contributed by atoms with E-state index < -0.39 is 5.97 Å². The summed E-state index contributed by atoms with van der Waals surface area (Å²) in [5, 5.41) is 22.6. The molecule has 0 aliphatic carbocycles. The first-order chi connectivity index (χ1) is 13.9. The number of carbonyl (C=O) groups excluding carboxylic acids is 1. The quantitative estimate of drug-likeness (QED) is 0.585. The molecule has 0 saturated carbocycles. The van der Waals surface area contributed by atoms with Crippen LogP contribution >= 0.6 is 11.3 Å². The minimum Gasteiger partial charge on any atom is -0.504 e. The van der Waals surface area contributed by atoms with Crippen molar-refractivity contribution < 1.29 is 24.5 Å². The van der Waals surface area contributed by atoms with Crippen molar-refractivity contribution in [2.45, 2.75) is 19.3 Å². The molecule has 2 aromatic carbocycles. The van der Waals surface area contributed by atoms with Crippen LogP contribution in [-0.4, -0.2) is 29.2 Å². The first-order valence-electron chi connectivity index (χ1n) is 9.02. The molecule has 0 radical (unpaired) electrons. The Labute approximate surface area is 171 Å². The van der Waals surface area contributed by atoms with Gasteiger partial charge in [0.05, 0.1) is 12.8 Å². The number of phenols is 1. The van der Waals surface area contributed by atoms with Gasteiger partial charge in [-0.1, -0.05) is 35.9 Å². The maximum Gasteiger partial charge on any atom is 0.346 e. The Balaban J connectivity index is 1.92. The third-order valence-electron chi connectivity index (χ3n) is 5.05. The summed E-state index contributed by atoms with van der Waals surface area (Å²) < 4.78 is 5.20. The summed E-state index contributed by atoms with van der Waals surface area (Å²) in [6, 6.07) is 12.5. The van der Waals surface area contributed by atoms with E-state index in [0.29, 0.717) is 17.0 Å². The molecular weight excluding hydrogens is 390 g/mol. The van der Waals surface area contributed by atoms with Gasteiger partial charge in [-0.3, -0.25) is 4.79 Å². The van der Waals surface area contributed by atoms with Crippen molar-refractivity contribution in [1.82, 2.24) is 0 Å². The van der Waals surface area contributed by atoms with Crippen LogP contribution in [0.25, 0.3) is 11.1 Å². The Bertz CT molecular complexity index is 1120. The van der Waals surface area contributed by atoms with Crippen molar-refractivity contribution in [3.05, 3.63) is 63.3 Å². The van der Waals surface area contributed by atoms with Gasteiger partial charge in [0.25, 0.3) is 0 Å². The topological polar surface area (TPSA) is 95.9 Å². The van der Waals surface area contributed by atoms with E-state index in [-0.39, 0.29) is 28.9 Å². The molecule has 0 spiro atoms. The molecule has 3 aromatic rings. The van der Waals surface area contributed by atoms with E-state index in [1.165, 1.54) is 24.5 Å². The summed E-state index contributed by atoms with van der Waals surface area (Å²) in [6.45, 7) is 1.96. The summed E-state index contributed by atoms with van der Waals surface area (Å²) in [6.07, 6.45) is 0.188. The second-order valence-corrected chi connectivity index (χ2v) is 8.00. The number of benzene rings is 2. The smallest absolute Gasteiger partial charge is 0.346 e. The maximum atomic E-state index is 12.5. The zero-order chi connectivity index (χ0) is 20.7. The molecule has 1 aromatic heterocycles. The predicted octanol–water partition coefficient (Wildman–Crippen LogP) is 4.61. The lowest BCUT2D eigenvalue weighted by molar-refractivity contribution is -0.116. The van der Waals surface area contributed by atoms with Gasteiger partial charge in [-0.05, 0) is 30.2 Å². The average molecular weight is 409 g/mol. The molecule has 1 aliphatic rings. The Morgan fingerprint density at radius 3 is 2.59 bits per heavy atom. The second-order valence-electron chi connectivity index (χ2n) is 6.95. The molecule has 3 N–H and O–H groups in total. The van der Waals surface area contributed by atoms with E-state index in [9.17, 15) is 19.8 Å². The lowest BCUT2D eigenvalue weighted by Gasteiger charge is -2.24. The first-order valence-corrected chi connectivity index (χ1v) is 9.84. The number of amides is 1. The molecular formula is C22H19NO5S. The van der Waals surface area contributed by atoms with Crippen molar-refractivity contribution in [2.75, 3.05) is 12.4 Å². The third kappa shape index (κ3) is 3.34. The van der Waals surface area contributed by atoms with Crippen LogP contribution in [0.1, 0.15) is 38.0 Å². The van der Waals surface area contributed by atoms with Crippen LogP contribution in [0.2, 0.25) is 0 Å². The number of aromatic carboxylic acids is 1. The van der Waals surface area contributed by atoms with Crippen LogP contribution in [0, 0.1) is 6.92 Å². The van der Waals surface area contributed by atoms with E-state index >= 15 is 0 Å². The Morgan fingerprint density at radius 2 is 1.93 bits per heavy atom. The molecule has 1 atom stereocenters. The zero-order valence-electron chi connectivity index (χ0n) is 15.9. The number of thiophene rings is 1. The number of methoxy groups -OCH3 is 1. The van der Waals surface area contributed by atoms with Crippen LogP contribution in [0.5, 0.6) is 11.5 Å². The second kappa shape index (κ2) is 7.25. The van der Waals surface area contributed by atoms with Gasteiger partial charge in [-0.15, -0.1) is 11.3 Å². The molecule has 1 aliphatic heterocycles. The third-order valence-corrected chi connectivity index (χ3v) is 6.34. The fraction of sp³-hybridized carbons (Fsp3) is 0.182. The van der Waals surface area contributed by atoms with E-state index in [0.717, 1.165) is 21.6 Å². The molecule has 29 heavy (non-hydrogen) atoms. The molecule has 6 nitrogen and oxygen atoms in total. The number of ether oxygens (including phenoxy) is 1. The van der Waals surface area contributed by atoms with Crippen molar-refractivity contribution in [3.63, 3.8) is 0 Å². The molecule has 1 unspecified atom stereocenters. The molecule has 148 valence electrons. The molecule has 0 fully saturated rings. The van der Waals surface area contributed by atoms with Crippen molar-refractivity contribution in [1.29, 1.82) is 0 Å². The molecule has 4 rings (SSSR count). The minimum absolute atomic E-state index is 0.00878. The predicted molar refractivity (Wildman–Crippen MR) is 111 cm³/mol. The zero-order valence-corrected chi connectivity index (χ0v) is 16.7. The van der Waals surface area contributed by atoms with Gasteiger partial charge in [-0.25, -0.2) is 4.79 Å². The highest BCUT2D eigenvalue weighted by atomic mass is 32.1. The number of carboxylic acids is 1. The van der Waals surface area contributed by atoms with E-state index in [2.05, 4.69) is 5.32 Å². The van der Waals surface area contributed by atoms with Crippen LogP contribution < -0.4 is 10.1 Å². The largest absolute Gasteiger partial charge is 0.504 e. The van der Waals surface area contributed by atoms with Crippen LogP contribution in [0.4, 0.5) is 5.69 Å².